The minimum atomic E-state index is 0.210. The first-order valence-corrected chi connectivity index (χ1v) is 7.50. The fourth-order valence-electron chi connectivity index (χ4n) is 2.59. The first-order valence-electron chi connectivity index (χ1n) is 7.12. The van der Waals surface area contributed by atoms with Gasteiger partial charge in [0.25, 0.3) is 0 Å². The lowest BCUT2D eigenvalue weighted by Gasteiger charge is -2.18. The number of aromatic nitrogens is 2. The molecule has 1 atom stereocenters. The van der Waals surface area contributed by atoms with E-state index in [1.165, 1.54) is 5.56 Å². The number of hydrogen-bond acceptors (Lipinski definition) is 2. The molecule has 0 saturated heterocycles. The van der Waals surface area contributed by atoms with E-state index in [2.05, 4.69) is 29.6 Å². The summed E-state index contributed by atoms with van der Waals surface area (Å²) in [5, 5.41) is 9.68. The van der Waals surface area contributed by atoms with Crippen molar-refractivity contribution in [3.05, 3.63) is 65.3 Å². The quantitative estimate of drug-likeness (QED) is 0.774. The second kappa shape index (κ2) is 6.29. The first kappa shape index (κ1) is 14.1. The largest absolute Gasteiger partial charge is 0.320 e. The van der Waals surface area contributed by atoms with Crippen molar-refractivity contribution in [2.75, 3.05) is 13.6 Å². The lowest BCUT2D eigenvalue weighted by atomic mass is 10.0. The third-order valence-corrected chi connectivity index (χ3v) is 4.02. The third-order valence-electron chi connectivity index (χ3n) is 3.69. The molecule has 0 spiro atoms. The molecule has 0 bridgehead atoms. The molecule has 0 saturated carbocycles. The monoisotopic (exact) mass is 299 g/mol. The zero-order valence-electron chi connectivity index (χ0n) is 12.0. The maximum absolute atomic E-state index is 6.26. The molecule has 3 nitrogen and oxygen atoms in total. The summed E-state index contributed by atoms with van der Waals surface area (Å²) in [6.45, 7) is 0.934. The van der Waals surface area contributed by atoms with Crippen molar-refractivity contribution in [1.29, 1.82) is 0 Å². The fraction of sp³-hybridized carbons (Fsp3) is 0.235. The van der Waals surface area contributed by atoms with Crippen molar-refractivity contribution >= 4 is 22.5 Å². The Morgan fingerprint density at radius 1 is 1.14 bits per heavy atom. The SMILES string of the molecule is CNCCC(c1ccccc1)n1cc2c(Cl)cccc2n1. The lowest BCUT2D eigenvalue weighted by molar-refractivity contribution is 0.484. The average Bonchev–Trinajstić information content (AvgIpc) is 2.94. The van der Waals surface area contributed by atoms with E-state index in [9.17, 15) is 0 Å². The molecule has 0 amide bonds. The number of halogens is 1. The Hall–Kier alpha value is -1.84. The third kappa shape index (κ3) is 2.94. The Morgan fingerprint density at radius 3 is 2.67 bits per heavy atom. The molecular weight excluding hydrogens is 282 g/mol. The van der Waals surface area contributed by atoms with Crippen LogP contribution < -0.4 is 5.32 Å². The minimum Gasteiger partial charge on any atom is -0.320 e. The van der Waals surface area contributed by atoms with Gasteiger partial charge in [-0.1, -0.05) is 48.0 Å². The van der Waals surface area contributed by atoms with Crippen LogP contribution in [0.4, 0.5) is 0 Å². The molecular formula is C17H18ClN3. The summed E-state index contributed by atoms with van der Waals surface area (Å²) in [7, 11) is 1.97. The molecule has 108 valence electrons. The topological polar surface area (TPSA) is 29.9 Å². The first-order chi connectivity index (χ1) is 10.3. The lowest BCUT2D eigenvalue weighted by Crippen LogP contribution is -2.18. The maximum atomic E-state index is 6.26. The van der Waals surface area contributed by atoms with Gasteiger partial charge in [-0.2, -0.15) is 5.10 Å². The molecule has 0 fully saturated rings. The number of rotatable bonds is 5. The van der Waals surface area contributed by atoms with Crippen LogP contribution in [0.15, 0.2) is 54.7 Å². The Kier molecular flexibility index (Phi) is 4.23. The minimum absolute atomic E-state index is 0.210. The van der Waals surface area contributed by atoms with Gasteiger partial charge >= 0.3 is 0 Å². The molecule has 4 heteroatoms. The van der Waals surface area contributed by atoms with E-state index in [0.717, 1.165) is 28.9 Å². The molecule has 0 aliphatic heterocycles. The van der Waals surface area contributed by atoms with Gasteiger partial charge in [-0.25, -0.2) is 0 Å². The Balaban J connectivity index is 2.03. The second-order valence-electron chi connectivity index (χ2n) is 5.10. The summed E-state index contributed by atoms with van der Waals surface area (Å²) in [6, 6.07) is 16.5. The average molecular weight is 300 g/mol. The molecule has 1 heterocycles. The Labute approximate surface area is 129 Å². The van der Waals surface area contributed by atoms with E-state index in [4.69, 9.17) is 16.7 Å². The molecule has 0 aliphatic carbocycles. The molecule has 1 aromatic heterocycles. The van der Waals surface area contributed by atoms with Crippen LogP contribution >= 0.6 is 11.6 Å². The van der Waals surface area contributed by atoms with Crippen LogP contribution in [-0.2, 0) is 0 Å². The molecule has 0 radical (unpaired) electrons. The summed E-state index contributed by atoms with van der Waals surface area (Å²) >= 11 is 6.26. The van der Waals surface area contributed by atoms with Crippen LogP contribution in [0.2, 0.25) is 5.02 Å². The van der Waals surface area contributed by atoms with Crippen molar-refractivity contribution in [2.45, 2.75) is 12.5 Å². The zero-order chi connectivity index (χ0) is 14.7. The normalized spacial score (nSPS) is 12.7. The van der Waals surface area contributed by atoms with Crippen LogP contribution in [-0.4, -0.2) is 23.4 Å². The highest BCUT2D eigenvalue weighted by atomic mass is 35.5. The molecule has 3 aromatic rings. The van der Waals surface area contributed by atoms with Crippen molar-refractivity contribution in [3.63, 3.8) is 0 Å². The molecule has 0 aliphatic rings. The standard InChI is InChI=1S/C17H18ClN3/c1-19-11-10-17(13-6-3-2-4-7-13)21-12-14-15(18)8-5-9-16(14)20-21/h2-9,12,17,19H,10-11H2,1H3. The van der Waals surface area contributed by atoms with Gasteiger partial charge < -0.3 is 5.32 Å². The van der Waals surface area contributed by atoms with Crippen LogP contribution in [0, 0.1) is 0 Å². The van der Waals surface area contributed by atoms with Crippen LogP contribution in [0.1, 0.15) is 18.0 Å². The van der Waals surface area contributed by atoms with E-state index < -0.39 is 0 Å². The Bertz CT molecular complexity index is 721. The van der Waals surface area contributed by atoms with Crippen LogP contribution in [0.5, 0.6) is 0 Å². The molecule has 1 N–H and O–H groups in total. The molecule has 21 heavy (non-hydrogen) atoms. The molecule has 3 rings (SSSR count). The van der Waals surface area contributed by atoms with Gasteiger partial charge in [-0.05, 0) is 37.7 Å². The van der Waals surface area contributed by atoms with Gasteiger partial charge in [-0.15, -0.1) is 0 Å². The van der Waals surface area contributed by atoms with E-state index >= 15 is 0 Å². The highest BCUT2D eigenvalue weighted by Gasteiger charge is 2.15. The zero-order valence-corrected chi connectivity index (χ0v) is 12.7. The van der Waals surface area contributed by atoms with Crippen molar-refractivity contribution in [2.24, 2.45) is 0 Å². The number of benzene rings is 2. The van der Waals surface area contributed by atoms with E-state index in [1.54, 1.807) is 0 Å². The van der Waals surface area contributed by atoms with E-state index in [-0.39, 0.29) is 6.04 Å². The van der Waals surface area contributed by atoms with Gasteiger partial charge in [0.1, 0.15) is 0 Å². The number of fused-ring (bicyclic) bond motifs is 1. The van der Waals surface area contributed by atoms with Crippen molar-refractivity contribution in [3.8, 4) is 0 Å². The summed E-state index contributed by atoms with van der Waals surface area (Å²) < 4.78 is 2.03. The Morgan fingerprint density at radius 2 is 1.95 bits per heavy atom. The maximum Gasteiger partial charge on any atom is 0.0938 e. The van der Waals surface area contributed by atoms with Crippen molar-refractivity contribution in [1.82, 2.24) is 15.1 Å². The van der Waals surface area contributed by atoms with Gasteiger partial charge in [0.05, 0.1) is 16.6 Å². The van der Waals surface area contributed by atoms with Crippen molar-refractivity contribution < 1.29 is 0 Å². The van der Waals surface area contributed by atoms with E-state index in [1.807, 2.05) is 42.2 Å². The summed E-state index contributed by atoms with van der Waals surface area (Å²) in [6.07, 6.45) is 3.02. The molecule has 1 unspecified atom stereocenters. The predicted molar refractivity (Wildman–Crippen MR) is 87.9 cm³/mol. The predicted octanol–water partition coefficient (Wildman–Crippen LogP) is 3.89. The number of nitrogens with one attached hydrogen (secondary N) is 1. The second-order valence-corrected chi connectivity index (χ2v) is 5.51. The summed E-state index contributed by atoms with van der Waals surface area (Å²) in [5.74, 6) is 0. The molecule has 2 aromatic carbocycles. The number of hydrogen-bond donors (Lipinski definition) is 1. The smallest absolute Gasteiger partial charge is 0.0938 e. The van der Waals surface area contributed by atoms with E-state index in [0.29, 0.717) is 0 Å². The van der Waals surface area contributed by atoms with Gasteiger partial charge in [-0.3, -0.25) is 4.68 Å². The van der Waals surface area contributed by atoms with Crippen LogP contribution in [0.3, 0.4) is 0 Å². The van der Waals surface area contributed by atoms with Gasteiger partial charge in [0.15, 0.2) is 0 Å². The fourth-order valence-corrected chi connectivity index (χ4v) is 2.81. The number of nitrogens with zero attached hydrogens (tertiary/aromatic N) is 2. The summed E-state index contributed by atoms with van der Waals surface area (Å²) in [4.78, 5) is 0. The highest BCUT2D eigenvalue weighted by Crippen LogP contribution is 2.27. The highest BCUT2D eigenvalue weighted by molar-refractivity contribution is 6.35. The van der Waals surface area contributed by atoms with Gasteiger partial charge in [0.2, 0.25) is 0 Å². The van der Waals surface area contributed by atoms with Crippen LogP contribution in [0.25, 0.3) is 10.9 Å². The van der Waals surface area contributed by atoms with Gasteiger partial charge in [0, 0.05) is 11.6 Å². The summed E-state index contributed by atoms with van der Waals surface area (Å²) in [5.41, 5.74) is 2.20.